The molecule has 0 spiro atoms. The van der Waals surface area contributed by atoms with Crippen molar-refractivity contribution in [3.8, 4) is 0 Å². The van der Waals surface area contributed by atoms with E-state index in [9.17, 15) is 13.2 Å². The molecule has 0 N–H and O–H groups in total. The molecule has 7 heteroatoms. The van der Waals surface area contributed by atoms with Gasteiger partial charge in [-0.1, -0.05) is 24.3 Å². The minimum Gasteiger partial charge on any atom is -0.340 e. The summed E-state index contributed by atoms with van der Waals surface area (Å²) in [7, 11) is -1.47. The monoisotopic (exact) mass is 373 g/mol. The number of hydrogen-bond acceptors (Lipinski definition) is 4. The van der Waals surface area contributed by atoms with Crippen LogP contribution in [0.2, 0.25) is 0 Å². The van der Waals surface area contributed by atoms with E-state index in [0.717, 1.165) is 42.6 Å². The average Bonchev–Trinajstić information content (AvgIpc) is 2.85. The first-order valence-electron chi connectivity index (χ1n) is 8.99. The molecule has 0 aromatic heterocycles. The molecule has 1 fully saturated rings. The first-order chi connectivity index (χ1) is 12.5. The van der Waals surface area contributed by atoms with Crippen molar-refractivity contribution in [1.29, 1.82) is 0 Å². The van der Waals surface area contributed by atoms with Crippen LogP contribution in [0.1, 0.15) is 12.8 Å². The summed E-state index contributed by atoms with van der Waals surface area (Å²) >= 11 is 0. The Morgan fingerprint density at radius 1 is 1.04 bits per heavy atom. The minimum absolute atomic E-state index is 0.116. The van der Waals surface area contributed by atoms with E-state index in [1.165, 1.54) is 4.31 Å². The molecule has 2 heterocycles. The van der Waals surface area contributed by atoms with Gasteiger partial charge in [0.1, 0.15) is 0 Å². The van der Waals surface area contributed by atoms with Crippen LogP contribution in [0, 0.1) is 0 Å². The van der Waals surface area contributed by atoms with E-state index in [1.807, 2.05) is 29.2 Å². The quantitative estimate of drug-likeness (QED) is 0.821. The number of hydrogen-bond donors (Lipinski definition) is 0. The van der Waals surface area contributed by atoms with Crippen molar-refractivity contribution in [2.75, 3.05) is 44.1 Å². The maximum absolute atomic E-state index is 12.9. The molecule has 2 aromatic carbocycles. The third-order valence-corrected chi connectivity index (χ3v) is 7.14. The summed E-state index contributed by atoms with van der Waals surface area (Å²) in [6.45, 7) is 3.62. The van der Waals surface area contributed by atoms with Crippen LogP contribution in [-0.4, -0.2) is 63.9 Å². The smallest absolute Gasteiger partial charge is 0.265 e. The number of anilines is 1. The van der Waals surface area contributed by atoms with Gasteiger partial charge in [0.05, 0.1) is 10.6 Å². The molecule has 0 saturated carbocycles. The van der Waals surface area contributed by atoms with E-state index in [2.05, 4.69) is 11.9 Å². The summed E-state index contributed by atoms with van der Waals surface area (Å²) in [6, 6.07) is 11.0. The lowest BCUT2D eigenvalue weighted by Gasteiger charge is -2.32. The van der Waals surface area contributed by atoms with Crippen LogP contribution in [0.4, 0.5) is 5.69 Å². The summed E-state index contributed by atoms with van der Waals surface area (Å²) in [5.41, 5.74) is 0.727. The van der Waals surface area contributed by atoms with Crippen LogP contribution < -0.4 is 4.31 Å². The third-order valence-electron chi connectivity index (χ3n) is 5.29. The molecule has 0 aliphatic carbocycles. The Kier molecular flexibility index (Phi) is 4.36. The largest absolute Gasteiger partial charge is 0.340 e. The average molecular weight is 373 g/mol. The van der Waals surface area contributed by atoms with Crippen LogP contribution >= 0.6 is 0 Å². The number of carbonyl (C=O) groups excluding carboxylic acids is 1. The van der Waals surface area contributed by atoms with Gasteiger partial charge >= 0.3 is 0 Å². The number of likely N-dealkylation sites (N-methyl/N-ethyl adjacent to an activating group) is 1. The Hall–Kier alpha value is -2.12. The highest BCUT2D eigenvalue weighted by atomic mass is 32.2. The van der Waals surface area contributed by atoms with E-state index in [0.29, 0.717) is 24.3 Å². The van der Waals surface area contributed by atoms with Crippen molar-refractivity contribution in [2.45, 2.75) is 17.7 Å². The third kappa shape index (κ3) is 2.85. The molecule has 1 amide bonds. The molecule has 0 atom stereocenters. The summed E-state index contributed by atoms with van der Waals surface area (Å²) in [5.74, 6) is 0.116. The maximum Gasteiger partial charge on any atom is 0.265 e. The molecule has 6 nitrogen and oxygen atoms in total. The summed E-state index contributed by atoms with van der Waals surface area (Å²) in [6.07, 6.45) is 0.900. The predicted octanol–water partition coefficient (Wildman–Crippen LogP) is 1.90. The van der Waals surface area contributed by atoms with Gasteiger partial charge in [-0.25, -0.2) is 8.42 Å². The van der Waals surface area contributed by atoms with E-state index in [1.54, 1.807) is 12.1 Å². The van der Waals surface area contributed by atoms with Crippen LogP contribution in [0.25, 0.3) is 10.8 Å². The summed E-state index contributed by atoms with van der Waals surface area (Å²) in [4.78, 5) is 16.8. The van der Waals surface area contributed by atoms with Crippen molar-refractivity contribution in [2.24, 2.45) is 0 Å². The molecular formula is C19H23N3O3S. The number of benzene rings is 2. The minimum atomic E-state index is -3.53. The Morgan fingerprint density at radius 3 is 2.46 bits per heavy atom. The molecule has 4 rings (SSSR count). The van der Waals surface area contributed by atoms with E-state index >= 15 is 0 Å². The lowest BCUT2D eigenvalue weighted by molar-refractivity contribution is -0.132. The number of piperazine rings is 1. The van der Waals surface area contributed by atoms with Crippen molar-refractivity contribution >= 4 is 32.4 Å². The SMILES string of the molecule is CN1CCN(C(=O)CCCN2c3cccc4cccc(c34)S2(=O)=O)CC1. The van der Waals surface area contributed by atoms with Gasteiger partial charge < -0.3 is 9.80 Å². The first-order valence-corrected chi connectivity index (χ1v) is 10.4. The Bertz CT molecular complexity index is 944. The Morgan fingerprint density at radius 2 is 1.73 bits per heavy atom. The van der Waals surface area contributed by atoms with Crippen molar-refractivity contribution in [3.63, 3.8) is 0 Å². The molecule has 2 aliphatic rings. The van der Waals surface area contributed by atoms with Crippen LogP contribution in [0.3, 0.4) is 0 Å². The standard InChI is InChI=1S/C19H23N3O3S/c1-20-11-13-21(14-12-20)18(23)9-4-10-22-16-7-2-5-15-6-3-8-17(19(15)16)26(22,24)25/h2-3,5-8H,4,9-14H2,1H3. The lowest BCUT2D eigenvalue weighted by Crippen LogP contribution is -2.47. The Balaban J connectivity index is 1.46. The van der Waals surface area contributed by atoms with Crippen LogP contribution in [-0.2, 0) is 14.8 Å². The number of rotatable bonds is 4. The normalized spacial score (nSPS) is 19.3. The van der Waals surface area contributed by atoms with Gasteiger partial charge in [0.25, 0.3) is 10.0 Å². The van der Waals surface area contributed by atoms with Crippen molar-refractivity contribution < 1.29 is 13.2 Å². The van der Waals surface area contributed by atoms with Gasteiger partial charge in [0.2, 0.25) is 5.91 Å². The fourth-order valence-electron chi connectivity index (χ4n) is 3.79. The highest BCUT2D eigenvalue weighted by molar-refractivity contribution is 7.93. The molecular weight excluding hydrogens is 350 g/mol. The zero-order valence-electron chi connectivity index (χ0n) is 14.9. The molecule has 2 aromatic rings. The van der Waals surface area contributed by atoms with Gasteiger partial charge in [-0.05, 0) is 31.0 Å². The molecule has 0 bridgehead atoms. The first kappa shape index (κ1) is 17.3. The number of carbonyl (C=O) groups is 1. The van der Waals surface area contributed by atoms with Gasteiger partial charge in [0.15, 0.2) is 0 Å². The van der Waals surface area contributed by atoms with Gasteiger partial charge in [-0.15, -0.1) is 0 Å². The zero-order chi connectivity index (χ0) is 18.3. The molecule has 0 radical (unpaired) electrons. The second kappa shape index (κ2) is 6.55. The molecule has 138 valence electrons. The molecule has 1 saturated heterocycles. The number of sulfonamides is 1. The predicted molar refractivity (Wildman–Crippen MR) is 102 cm³/mol. The highest BCUT2D eigenvalue weighted by Crippen LogP contribution is 2.41. The fourth-order valence-corrected chi connectivity index (χ4v) is 5.54. The van der Waals surface area contributed by atoms with Crippen LogP contribution in [0.5, 0.6) is 0 Å². The van der Waals surface area contributed by atoms with Crippen LogP contribution in [0.15, 0.2) is 41.3 Å². The van der Waals surface area contributed by atoms with E-state index in [4.69, 9.17) is 0 Å². The maximum atomic E-state index is 12.9. The van der Waals surface area contributed by atoms with E-state index < -0.39 is 10.0 Å². The second-order valence-electron chi connectivity index (χ2n) is 7.00. The highest BCUT2D eigenvalue weighted by Gasteiger charge is 2.35. The van der Waals surface area contributed by atoms with Gasteiger partial charge in [-0.2, -0.15) is 0 Å². The molecule has 2 aliphatic heterocycles. The van der Waals surface area contributed by atoms with Gasteiger partial charge in [-0.3, -0.25) is 9.10 Å². The molecule has 26 heavy (non-hydrogen) atoms. The van der Waals surface area contributed by atoms with Crippen molar-refractivity contribution in [3.05, 3.63) is 36.4 Å². The Labute approximate surface area is 154 Å². The number of amides is 1. The topological polar surface area (TPSA) is 60.9 Å². The zero-order valence-corrected chi connectivity index (χ0v) is 15.7. The summed E-state index contributed by atoms with van der Waals surface area (Å²) in [5, 5.41) is 1.72. The second-order valence-corrected chi connectivity index (χ2v) is 8.83. The van der Waals surface area contributed by atoms with Crippen molar-refractivity contribution in [1.82, 2.24) is 9.80 Å². The lowest BCUT2D eigenvalue weighted by atomic mass is 10.1. The fraction of sp³-hybridized carbons (Fsp3) is 0.421. The number of nitrogens with zero attached hydrogens (tertiary/aromatic N) is 3. The van der Waals surface area contributed by atoms with Gasteiger partial charge in [0, 0.05) is 44.5 Å². The summed E-state index contributed by atoms with van der Waals surface area (Å²) < 4.78 is 27.3. The molecule has 0 unspecified atom stereocenters. The van der Waals surface area contributed by atoms with E-state index in [-0.39, 0.29) is 5.91 Å².